The van der Waals surface area contributed by atoms with Gasteiger partial charge in [-0.3, -0.25) is 0 Å². The summed E-state index contributed by atoms with van der Waals surface area (Å²) in [6, 6.07) is 0. The molecule has 0 spiro atoms. The van der Waals surface area contributed by atoms with Gasteiger partial charge in [-0.25, -0.2) is 12.7 Å². The lowest BCUT2D eigenvalue weighted by molar-refractivity contribution is 0.233. The fraction of sp³-hybridized carbons (Fsp3) is 0.778. The Hall–Kier alpha value is -0.390. The van der Waals surface area contributed by atoms with Crippen molar-refractivity contribution in [2.24, 2.45) is 0 Å². The van der Waals surface area contributed by atoms with E-state index in [0.29, 0.717) is 13.0 Å². The molecule has 0 unspecified atom stereocenters. The van der Waals surface area contributed by atoms with E-state index < -0.39 is 10.0 Å². The lowest BCUT2D eigenvalue weighted by Gasteiger charge is -2.09. The zero-order valence-corrected chi connectivity index (χ0v) is 9.88. The molecule has 0 atom stereocenters. The summed E-state index contributed by atoms with van der Waals surface area (Å²) >= 11 is 0. The standard InChI is InChI=1S/C9H19NO3S/c1-10(2)14(11,12)9-7-5-4-6-8-13-3/h4,6H,5,7-9H2,1-3H3/b6-4+. The van der Waals surface area contributed by atoms with Gasteiger partial charge in [-0.05, 0) is 12.8 Å². The summed E-state index contributed by atoms with van der Waals surface area (Å²) in [6.07, 6.45) is 5.26. The number of hydrogen-bond donors (Lipinski definition) is 0. The van der Waals surface area contributed by atoms with Crippen LogP contribution in [0.1, 0.15) is 12.8 Å². The zero-order valence-electron chi connectivity index (χ0n) is 9.06. The van der Waals surface area contributed by atoms with Crippen LogP contribution in [-0.2, 0) is 14.8 Å². The normalized spacial score (nSPS) is 12.9. The number of methoxy groups -OCH3 is 1. The van der Waals surface area contributed by atoms with Crippen LogP contribution in [0.4, 0.5) is 0 Å². The summed E-state index contributed by atoms with van der Waals surface area (Å²) in [5.74, 6) is 0.206. The fourth-order valence-corrected chi connectivity index (χ4v) is 1.74. The van der Waals surface area contributed by atoms with Gasteiger partial charge >= 0.3 is 0 Å². The van der Waals surface area contributed by atoms with Crippen LogP contribution in [0.25, 0.3) is 0 Å². The van der Waals surface area contributed by atoms with Gasteiger partial charge in [0.1, 0.15) is 0 Å². The second-order valence-corrected chi connectivity index (χ2v) is 5.47. The van der Waals surface area contributed by atoms with E-state index in [1.807, 2.05) is 12.2 Å². The molecule has 4 nitrogen and oxygen atoms in total. The Bertz CT molecular complexity index is 257. The highest BCUT2D eigenvalue weighted by atomic mass is 32.2. The van der Waals surface area contributed by atoms with Crippen molar-refractivity contribution in [2.75, 3.05) is 33.6 Å². The largest absolute Gasteiger partial charge is 0.381 e. The summed E-state index contributed by atoms with van der Waals surface area (Å²) < 4.78 is 28.7. The van der Waals surface area contributed by atoms with E-state index >= 15 is 0 Å². The Kier molecular flexibility index (Phi) is 6.78. The van der Waals surface area contributed by atoms with Crippen LogP contribution in [0.3, 0.4) is 0 Å². The molecule has 0 aliphatic rings. The predicted octanol–water partition coefficient (Wildman–Crippen LogP) is 0.861. The zero-order chi connectivity index (χ0) is 11.0. The Morgan fingerprint density at radius 2 is 1.93 bits per heavy atom. The molecule has 0 saturated carbocycles. The Morgan fingerprint density at radius 3 is 2.43 bits per heavy atom. The Balaban J connectivity index is 3.65. The van der Waals surface area contributed by atoms with Crippen LogP contribution < -0.4 is 0 Å². The van der Waals surface area contributed by atoms with Crippen molar-refractivity contribution in [3.8, 4) is 0 Å². The number of hydrogen-bond acceptors (Lipinski definition) is 3. The third-order valence-electron chi connectivity index (χ3n) is 1.76. The van der Waals surface area contributed by atoms with Crippen molar-refractivity contribution in [3.63, 3.8) is 0 Å². The highest BCUT2D eigenvalue weighted by Gasteiger charge is 2.11. The average molecular weight is 221 g/mol. The maximum absolute atomic E-state index is 11.3. The van der Waals surface area contributed by atoms with Crippen LogP contribution >= 0.6 is 0 Å². The monoisotopic (exact) mass is 221 g/mol. The third-order valence-corrected chi connectivity index (χ3v) is 3.68. The van der Waals surface area contributed by atoms with Gasteiger partial charge in [0.05, 0.1) is 12.4 Å². The molecule has 0 aliphatic carbocycles. The summed E-state index contributed by atoms with van der Waals surface area (Å²) in [6.45, 7) is 0.584. The Morgan fingerprint density at radius 1 is 1.29 bits per heavy atom. The molecule has 0 radical (unpaired) electrons. The van der Waals surface area contributed by atoms with Crippen molar-refractivity contribution < 1.29 is 13.2 Å². The molecule has 0 aromatic carbocycles. The van der Waals surface area contributed by atoms with E-state index in [1.165, 1.54) is 4.31 Å². The van der Waals surface area contributed by atoms with Crippen LogP contribution in [0.5, 0.6) is 0 Å². The molecular formula is C9H19NO3S. The van der Waals surface area contributed by atoms with Gasteiger partial charge in [0.2, 0.25) is 10.0 Å². The van der Waals surface area contributed by atoms with Gasteiger partial charge in [-0.15, -0.1) is 0 Å². The third kappa shape index (κ3) is 6.12. The van der Waals surface area contributed by atoms with Crippen LogP contribution in [0.15, 0.2) is 12.2 Å². The fourth-order valence-electron chi connectivity index (χ4n) is 0.848. The molecule has 0 bridgehead atoms. The summed E-state index contributed by atoms with van der Waals surface area (Å²) in [5, 5.41) is 0. The minimum absolute atomic E-state index is 0.206. The lowest BCUT2D eigenvalue weighted by atomic mass is 10.3. The van der Waals surface area contributed by atoms with Crippen molar-refractivity contribution >= 4 is 10.0 Å². The summed E-state index contributed by atoms with van der Waals surface area (Å²) in [4.78, 5) is 0. The van der Waals surface area contributed by atoms with Crippen molar-refractivity contribution in [1.82, 2.24) is 4.31 Å². The first-order valence-electron chi connectivity index (χ1n) is 4.55. The van der Waals surface area contributed by atoms with Crippen molar-refractivity contribution in [2.45, 2.75) is 12.8 Å². The first-order valence-corrected chi connectivity index (χ1v) is 6.15. The molecule has 0 amide bonds. The molecule has 0 aromatic rings. The molecule has 0 aromatic heterocycles. The number of rotatable bonds is 7. The number of ether oxygens (including phenoxy) is 1. The van der Waals surface area contributed by atoms with E-state index in [4.69, 9.17) is 4.74 Å². The topological polar surface area (TPSA) is 46.6 Å². The molecule has 5 heteroatoms. The van der Waals surface area contributed by atoms with Gasteiger partial charge in [-0.1, -0.05) is 12.2 Å². The van der Waals surface area contributed by atoms with E-state index in [9.17, 15) is 8.42 Å². The van der Waals surface area contributed by atoms with Gasteiger partial charge < -0.3 is 4.74 Å². The van der Waals surface area contributed by atoms with E-state index in [0.717, 1.165) is 6.42 Å². The molecule has 0 saturated heterocycles. The smallest absolute Gasteiger partial charge is 0.213 e. The molecule has 0 N–H and O–H groups in total. The highest BCUT2D eigenvalue weighted by molar-refractivity contribution is 7.89. The maximum atomic E-state index is 11.3. The van der Waals surface area contributed by atoms with Crippen LogP contribution in [0, 0.1) is 0 Å². The van der Waals surface area contributed by atoms with Gasteiger partial charge in [0, 0.05) is 21.2 Å². The number of unbranched alkanes of at least 4 members (excludes halogenated alkanes) is 1. The van der Waals surface area contributed by atoms with Crippen LogP contribution in [0.2, 0.25) is 0 Å². The lowest BCUT2D eigenvalue weighted by Crippen LogP contribution is -2.24. The van der Waals surface area contributed by atoms with E-state index in [-0.39, 0.29) is 5.75 Å². The quantitative estimate of drug-likeness (QED) is 0.473. The minimum atomic E-state index is -3.02. The van der Waals surface area contributed by atoms with Crippen molar-refractivity contribution in [3.05, 3.63) is 12.2 Å². The molecule has 0 heterocycles. The first kappa shape index (κ1) is 13.6. The molecule has 0 aliphatic heterocycles. The Labute approximate surface area is 86.6 Å². The van der Waals surface area contributed by atoms with E-state index in [2.05, 4.69) is 0 Å². The molecule has 0 fully saturated rings. The minimum Gasteiger partial charge on any atom is -0.381 e. The van der Waals surface area contributed by atoms with Gasteiger partial charge in [0.15, 0.2) is 0 Å². The average Bonchev–Trinajstić information content (AvgIpc) is 2.10. The molecule has 14 heavy (non-hydrogen) atoms. The summed E-state index contributed by atoms with van der Waals surface area (Å²) in [7, 11) is 1.71. The summed E-state index contributed by atoms with van der Waals surface area (Å²) in [5.41, 5.74) is 0. The molecule has 0 rings (SSSR count). The van der Waals surface area contributed by atoms with Crippen molar-refractivity contribution in [1.29, 1.82) is 0 Å². The first-order chi connectivity index (χ1) is 6.50. The number of sulfonamides is 1. The van der Waals surface area contributed by atoms with Gasteiger partial charge in [0.25, 0.3) is 0 Å². The number of nitrogens with zero attached hydrogens (tertiary/aromatic N) is 1. The van der Waals surface area contributed by atoms with E-state index in [1.54, 1.807) is 21.2 Å². The van der Waals surface area contributed by atoms with Gasteiger partial charge in [-0.2, -0.15) is 0 Å². The highest BCUT2D eigenvalue weighted by Crippen LogP contribution is 2.00. The predicted molar refractivity (Wildman–Crippen MR) is 57.7 cm³/mol. The van der Waals surface area contributed by atoms with Crippen LogP contribution in [-0.4, -0.2) is 46.3 Å². The second kappa shape index (κ2) is 6.98. The molecule has 84 valence electrons. The second-order valence-electron chi connectivity index (χ2n) is 3.17. The molecular weight excluding hydrogens is 202 g/mol. The SMILES string of the molecule is COC/C=C/CCCS(=O)(=O)N(C)C. The maximum Gasteiger partial charge on any atom is 0.213 e. The number of allylic oxidation sites excluding steroid dienone is 1.